The van der Waals surface area contributed by atoms with E-state index in [-0.39, 0.29) is 11.7 Å². The summed E-state index contributed by atoms with van der Waals surface area (Å²) in [7, 11) is 0. The smallest absolute Gasteiger partial charge is 0.341 e. The zero-order chi connectivity index (χ0) is 18.5. The number of hydrogen-bond donors (Lipinski definition) is 3. The van der Waals surface area contributed by atoms with Crippen molar-refractivity contribution >= 4 is 23.6 Å². The Hall–Kier alpha value is -2.78. The molecule has 0 aliphatic rings. The molecule has 0 saturated carbocycles. The van der Waals surface area contributed by atoms with Crippen LogP contribution in [0.2, 0.25) is 0 Å². The van der Waals surface area contributed by atoms with E-state index in [2.05, 4.69) is 15.5 Å². The van der Waals surface area contributed by atoms with Crippen molar-refractivity contribution < 1.29 is 32.4 Å². The van der Waals surface area contributed by atoms with E-state index < -0.39 is 35.2 Å². The van der Waals surface area contributed by atoms with E-state index in [4.69, 9.17) is 0 Å². The highest BCUT2D eigenvalue weighted by atomic mass is 19.4. The van der Waals surface area contributed by atoms with Gasteiger partial charge in [-0.3, -0.25) is 9.59 Å². The summed E-state index contributed by atoms with van der Waals surface area (Å²) < 4.78 is 38.4. The Kier molecular flexibility index (Phi) is 6.15. The van der Waals surface area contributed by atoms with Crippen LogP contribution in [0.3, 0.4) is 0 Å². The lowest BCUT2D eigenvalue weighted by atomic mass is 10.1. The standard InChI is InChI=1S/C14H16F3N3O4/c1-7(2)18-13(23)19-11-5-4-9(14(15,16)17)6-10(11)12(22)20-24-8(3)21/h4-7H,1-3H3,(H,20,22)(H2,18,19,23). The summed E-state index contributed by atoms with van der Waals surface area (Å²) in [5, 5.41) is 4.73. The molecule has 132 valence electrons. The van der Waals surface area contributed by atoms with Crippen LogP contribution in [-0.2, 0) is 15.8 Å². The summed E-state index contributed by atoms with van der Waals surface area (Å²) in [4.78, 5) is 38.6. The molecule has 0 bridgehead atoms. The number of hydrogen-bond acceptors (Lipinski definition) is 4. The number of carbonyl (C=O) groups is 3. The summed E-state index contributed by atoms with van der Waals surface area (Å²) in [5.74, 6) is -1.97. The molecular weight excluding hydrogens is 331 g/mol. The molecule has 1 aromatic rings. The number of urea groups is 1. The van der Waals surface area contributed by atoms with Crippen LogP contribution in [0.25, 0.3) is 0 Å². The Balaban J connectivity index is 3.14. The monoisotopic (exact) mass is 347 g/mol. The Bertz CT molecular complexity index is 645. The van der Waals surface area contributed by atoms with Crippen molar-refractivity contribution in [2.45, 2.75) is 33.0 Å². The number of carbonyl (C=O) groups excluding carboxylic acids is 3. The van der Waals surface area contributed by atoms with E-state index in [9.17, 15) is 27.6 Å². The molecule has 0 spiro atoms. The van der Waals surface area contributed by atoms with Gasteiger partial charge in [-0.2, -0.15) is 18.7 Å². The second-order valence-corrected chi connectivity index (χ2v) is 5.04. The zero-order valence-corrected chi connectivity index (χ0v) is 13.1. The van der Waals surface area contributed by atoms with Gasteiger partial charge in [-0.15, -0.1) is 0 Å². The molecule has 7 nitrogen and oxygen atoms in total. The van der Waals surface area contributed by atoms with Gasteiger partial charge in [0.15, 0.2) is 0 Å². The average Bonchev–Trinajstić information content (AvgIpc) is 2.42. The van der Waals surface area contributed by atoms with Crippen molar-refractivity contribution in [1.82, 2.24) is 10.8 Å². The van der Waals surface area contributed by atoms with E-state index in [1.54, 1.807) is 19.3 Å². The minimum Gasteiger partial charge on any atom is -0.341 e. The van der Waals surface area contributed by atoms with Gasteiger partial charge in [-0.1, -0.05) is 0 Å². The summed E-state index contributed by atoms with van der Waals surface area (Å²) in [6.07, 6.45) is -4.69. The quantitative estimate of drug-likeness (QED) is 0.732. The second-order valence-electron chi connectivity index (χ2n) is 5.04. The molecule has 0 saturated heterocycles. The van der Waals surface area contributed by atoms with Gasteiger partial charge in [0.1, 0.15) is 0 Å². The molecule has 3 N–H and O–H groups in total. The van der Waals surface area contributed by atoms with Gasteiger partial charge in [-0.05, 0) is 32.0 Å². The van der Waals surface area contributed by atoms with Crippen LogP contribution in [0.5, 0.6) is 0 Å². The first-order valence-corrected chi connectivity index (χ1v) is 6.77. The lowest BCUT2D eigenvalue weighted by Crippen LogP contribution is -2.35. The largest absolute Gasteiger partial charge is 0.416 e. The van der Waals surface area contributed by atoms with Crippen molar-refractivity contribution in [1.29, 1.82) is 0 Å². The van der Waals surface area contributed by atoms with Crippen LogP contribution < -0.4 is 16.1 Å². The van der Waals surface area contributed by atoms with Gasteiger partial charge < -0.3 is 15.5 Å². The molecule has 1 aromatic carbocycles. The third-order valence-electron chi connectivity index (χ3n) is 2.55. The maximum atomic E-state index is 12.8. The fourth-order valence-electron chi connectivity index (χ4n) is 1.61. The minimum absolute atomic E-state index is 0.175. The van der Waals surface area contributed by atoms with Crippen LogP contribution in [0.15, 0.2) is 18.2 Å². The zero-order valence-electron chi connectivity index (χ0n) is 13.1. The number of alkyl halides is 3. The third-order valence-corrected chi connectivity index (χ3v) is 2.55. The van der Waals surface area contributed by atoms with Gasteiger partial charge in [-0.25, -0.2) is 4.79 Å². The fourth-order valence-corrected chi connectivity index (χ4v) is 1.61. The van der Waals surface area contributed by atoms with E-state index in [1.165, 1.54) is 0 Å². The first kappa shape index (κ1) is 19.3. The van der Waals surface area contributed by atoms with Gasteiger partial charge in [0.05, 0.1) is 16.8 Å². The number of hydroxylamine groups is 1. The topological polar surface area (TPSA) is 96.5 Å². The maximum absolute atomic E-state index is 12.8. The first-order chi connectivity index (χ1) is 11.0. The highest BCUT2D eigenvalue weighted by Gasteiger charge is 2.32. The Morgan fingerprint density at radius 3 is 2.29 bits per heavy atom. The average molecular weight is 347 g/mol. The Morgan fingerprint density at radius 2 is 1.79 bits per heavy atom. The Labute approximate surface area is 135 Å². The maximum Gasteiger partial charge on any atom is 0.416 e. The summed E-state index contributed by atoms with van der Waals surface area (Å²) >= 11 is 0. The minimum atomic E-state index is -4.69. The van der Waals surface area contributed by atoms with Crippen molar-refractivity contribution in [2.75, 3.05) is 5.32 Å². The normalized spacial score (nSPS) is 11.0. The van der Waals surface area contributed by atoms with Crippen LogP contribution in [0, 0.1) is 0 Å². The van der Waals surface area contributed by atoms with E-state index in [0.29, 0.717) is 12.1 Å². The second kappa shape index (κ2) is 7.66. The van der Waals surface area contributed by atoms with Gasteiger partial charge >= 0.3 is 18.2 Å². The van der Waals surface area contributed by atoms with Gasteiger partial charge in [0.25, 0.3) is 5.91 Å². The van der Waals surface area contributed by atoms with E-state index in [1.807, 2.05) is 0 Å². The number of benzene rings is 1. The number of anilines is 1. The van der Waals surface area contributed by atoms with Gasteiger partial charge in [0, 0.05) is 13.0 Å². The number of amides is 3. The molecule has 0 atom stereocenters. The lowest BCUT2D eigenvalue weighted by Gasteiger charge is -2.15. The predicted molar refractivity (Wildman–Crippen MR) is 78.0 cm³/mol. The fraction of sp³-hybridized carbons (Fsp3) is 0.357. The number of halogens is 3. The highest BCUT2D eigenvalue weighted by Crippen LogP contribution is 2.31. The lowest BCUT2D eigenvalue weighted by molar-refractivity contribution is -0.146. The van der Waals surface area contributed by atoms with E-state index >= 15 is 0 Å². The molecule has 1 rings (SSSR count). The SMILES string of the molecule is CC(=O)ONC(=O)c1cc(C(F)(F)F)ccc1NC(=O)NC(C)C. The first-order valence-electron chi connectivity index (χ1n) is 6.77. The molecule has 24 heavy (non-hydrogen) atoms. The van der Waals surface area contributed by atoms with Crippen LogP contribution in [-0.4, -0.2) is 23.9 Å². The number of nitrogens with one attached hydrogen (secondary N) is 3. The predicted octanol–water partition coefficient (Wildman–Crippen LogP) is 2.44. The molecule has 0 aromatic heterocycles. The van der Waals surface area contributed by atoms with Gasteiger partial charge in [0.2, 0.25) is 0 Å². The van der Waals surface area contributed by atoms with E-state index in [0.717, 1.165) is 13.0 Å². The van der Waals surface area contributed by atoms with Crippen molar-refractivity contribution in [3.05, 3.63) is 29.3 Å². The Morgan fingerprint density at radius 1 is 1.17 bits per heavy atom. The number of rotatable bonds is 3. The summed E-state index contributed by atoms with van der Waals surface area (Å²) in [5.41, 5.74) is -0.0728. The molecule has 0 heterocycles. The molecule has 0 fully saturated rings. The molecule has 3 amide bonds. The van der Waals surface area contributed by atoms with Crippen molar-refractivity contribution in [2.24, 2.45) is 0 Å². The molecule has 10 heteroatoms. The molecule has 0 radical (unpaired) electrons. The van der Waals surface area contributed by atoms with Crippen LogP contribution in [0.4, 0.5) is 23.7 Å². The third kappa shape index (κ3) is 5.78. The molecule has 0 aliphatic carbocycles. The van der Waals surface area contributed by atoms with Crippen molar-refractivity contribution in [3.8, 4) is 0 Å². The summed E-state index contributed by atoms with van der Waals surface area (Å²) in [6, 6.07) is 1.27. The van der Waals surface area contributed by atoms with Crippen molar-refractivity contribution in [3.63, 3.8) is 0 Å². The molecular formula is C14H16F3N3O4. The molecule has 0 aliphatic heterocycles. The highest BCUT2D eigenvalue weighted by molar-refractivity contribution is 6.03. The van der Waals surface area contributed by atoms with Crippen LogP contribution in [0.1, 0.15) is 36.7 Å². The van der Waals surface area contributed by atoms with Crippen LogP contribution >= 0.6 is 0 Å². The summed E-state index contributed by atoms with van der Waals surface area (Å²) in [6.45, 7) is 4.36. The molecule has 0 unspecified atom stereocenters.